The van der Waals surface area contributed by atoms with E-state index in [9.17, 15) is 5.26 Å². The largest absolute Gasteiger partial charge is 0.292 e. The van der Waals surface area contributed by atoms with Crippen molar-refractivity contribution in [2.45, 2.75) is 15.2 Å². The topological polar surface area (TPSA) is 41.6 Å². The Morgan fingerprint density at radius 3 is 1.92 bits per heavy atom. The second kappa shape index (κ2) is 10.7. The monoisotopic (exact) mass is 641 g/mol. The first kappa shape index (κ1) is 27.9. The molecule has 2 heterocycles. The molecule has 1 aliphatic carbocycles. The predicted molar refractivity (Wildman–Crippen MR) is 198 cm³/mol. The predicted octanol–water partition coefficient (Wildman–Crippen LogP) is 11.1. The lowest BCUT2D eigenvalue weighted by molar-refractivity contribution is 0.722. The Balaban J connectivity index is 1.38. The molecule has 0 N–H and O–H groups in total. The van der Waals surface area contributed by atoms with Gasteiger partial charge in [-0.2, -0.15) is 5.26 Å². The Morgan fingerprint density at radius 1 is 0.551 bits per heavy atom. The first-order valence-electron chi connectivity index (χ1n) is 16.4. The van der Waals surface area contributed by atoms with Gasteiger partial charge in [0.15, 0.2) is 0 Å². The summed E-state index contributed by atoms with van der Waals surface area (Å²) in [5.41, 5.74) is 14.1. The summed E-state index contributed by atoms with van der Waals surface area (Å²) in [6.07, 6.45) is 0. The third-order valence-corrected chi connectivity index (χ3v) is 11.3. The third kappa shape index (κ3) is 3.94. The van der Waals surface area contributed by atoms with Gasteiger partial charge in [0.25, 0.3) is 0 Å². The number of nitrogens with zero attached hydrogens (tertiary/aromatic N) is 3. The van der Waals surface area contributed by atoms with Gasteiger partial charge in [-0.15, -0.1) is 0 Å². The number of imidazole rings is 1. The van der Waals surface area contributed by atoms with Gasteiger partial charge in [-0.1, -0.05) is 133 Å². The lowest BCUT2D eigenvalue weighted by Crippen LogP contribution is -2.32. The van der Waals surface area contributed by atoms with Crippen molar-refractivity contribution in [2.24, 2.45) is 0 Å². The van der Waals surface area contributed by atoms with Gasteiger partial charge >= 0.3 is 0 Å². The number of nitriles is 1. The molecular formula is C45H27N3S. The summed E-state index contributed by atoms with van der Waals surface area (Å²) in [5.74, 6) is 0.901. The second-order valence-electron chi connectivity index (χ2n) is 12.6. The molecular weight excluding hydrogens is 615 g/mol. The highest BCUT2D eigenvalue weighted by molar-refractivity contribution is 7.99. The number of para-hydroxylation sites is 2. The maximum Gasteiger partial charge on any atom is 0.145 e. The summed E-state index contributed by atoms with van der Waals surface area (Å²) in [6, 6.07) is 60.7. The van der Waals surface area contributed by atoms with Crippen LogP contribution in [0, 0.1) is 11.3 Å². The molecule has 49 heavy (non-hydrogen) atoms. The fraction of sp³-hybridized carbons (Fsp3) is 0.0222. The number of hydrogen-bond acceptors (Lipinski definition) is 3. The minimum absolute atomic E-state index is 0.537. The maximum atomic E-state index is 9.67. The van der Waals surface area contributed by atoms with Crippen LogP contribution in [0.4, 0.5) is 0 Å². The quantitative estimate of drug-likeness (QED) is 0.193. The van der Waals surface area contributed by atoms with Crippen LogP contribution in [0.15, 0.2) is 174 Å². The number of fused-ring (bicyclic) bond motifs is 10. The van der Waals surface area contributed by atoms with E-state index in [0.29, 0.717) is 5.56 Å². The summed E-state index contributed by atoms with van der Waals surface area (Å²) in [5, 5.41) is 9.67. The highest BCUT2D eigenvalue weighted by atomic mass is 32.2. The van der Waals surface area contributed by atoms with E-state index in [-0.39, 0.29) is 0 Å². The van der Waals surface area contributed by atoms with E-state index in [0.717, 1.165) is 39.2 Å². The summed E-state index contributed by atoms with van der Waals surface area (Å²) in [7, 11) is 0. The molecule has 1 spiro atoms. The number of aromatic nitrogens is 2. The Bertz CT molecular complexity index is 2600. The van der Waals surface area contributed by atoms with E-state index in [4.69, 9.17) is 4.98 Å². The van der Waals surface area contributed by atoms with Crippen molar-refractivity contribution >= 4 is 22.8 Å². The molecule has 0 saturated heterocycles. The number of hydrogen-bond donors (Lipinski definition) is 0. The molecule has 0 saturated carbocycles. The van der Waals surface area contributed by atoms with Gasteiger partial charge in [0.05, 0.1) is 28.1 Å². The molecule has 0 atom stereocenters. The fourth-order valence-corrected chi connectivity index (χ4v) is 9.38. The van der Waals surface area contributed by atoms with Crippen LogP contribution in [-0.2, 0) is 5.41 Å². The molecule has 8 aromatic rings. The highest BCUT2D eigenvalue weighted by Crippen LogP contribution is 2.63. The zero-order valence-corrected chi connectivity index (χ0v) is 27.2. The Morgan fingerprint density at radius 2 is 1.18 bits per heavy atom. The van der Waals surface area contributed by atoms with Crippen molar-refractivity contribution in [2.75, 3.05) is 0 Å². The van der Waals surface area contributed by atoms with Crippen molar-refractivity contribution in [3.05, 3.63) is 192 Å². The molecule has 10 rings (SSSR count). The molecule has 0 radical (unpaired) electrons. The van der Waals surface area contributed by atoms with E-state index < -0.39 is 5.41 Å². The second-order valence-corrected chi connectivity index (χ2v) is 13.7. The van der Waals surface area contributed by atoms with Gasteiger partial charge in [-0.05, 0) is 87.0 Å². The van der Waals surface area contributed by atoms with Crippen LogP contribution >= 0.6 is 11.8 Å². The molecule has 2 aliphatic rings. The summed E-state index contributed by atoms with van der Waals surface area (Å²) in [4.78, 5) is 7.69. The minimum Gasteiger partial charge on any atom is -0.292 e. The van der Waals surface area contributed by atoms with Gasteiger partial charge in [0.1, 0.15) is 5.82 Å². The third-order valence-electron chi connectivity index (χ3n) is 10.1. The van der Waals surface area contributed by atoms with Crippen LogP contribution in [0.1, 0.15) is 27.8 Å². The zero-order chi connectivity index (χ0) is 32.5. The van der Waals surface area contributed by atoms with E-state index in [1.165, 1.54) is 43.2 Å². The van der Waals surface area contributed by atoms with Gasteiger partial charge in [0, 0.05) is 21.0 Å². The van der Waals surface area contributed by atoms with Crippen LogP contribution in [0.5, 0.6) is 0 Å². The SMILES string of the molecule is N#Cc1ccc(-c2cc(-n3c(-c4ccccc4)nc4ccccc43)cc3c2Sc2ccccc2C32c3ccccc3-c3ccccc32)cc1. The summed E-state index contributed by atoms with van der Waals surface area (Å²) < 4.78 is 2.32. The van der Waals surface area contributed by atoms with E-state index >= 15 is 0 Å². The molecule has 0 bridgehead atoms. The Hall–Kier alpha value is -6.15. The Kier molecular flexibility index (Phi) is 6.09. The molecule has 0 amide bonds. The average molecular weight is 642 g/mol. The Labute approximate surface area is 288 Å². The van der Waals surface area contributed by atoms with Crippen molar-refractivity contribution in [3.63, 3.8) is 0 Å². The number of rotatable bonds is 3. The van der Waals surface area contributed by atoms with Crippen LogP contribution in [0.25, 0.3) is 50.4 Å². The van der Waals surface area contributed by atoms with Gasteiger partial charge < -0.3 is 0 Å². The van der Waals surface area contributed by atoms with Crippen molar-refractivity contribution in [3.8, 4) is 45.4 Å². The fourth-order valence-electron chi connectivity index (χ4n) is 8.07. The normalized spacial score (nSPS) is 13.4. The molecule has 1 aliphatic heterocycles. The lowest BCUT2D eigenvalue weighted by atomic mass is 9.67. The molecule has 3 nitrogen and oxygen atoms in total. The van der Waals surface area contributed by atoms with Crippen molar-refractivity contribution in [1.82, 2.24) is 9.55 Å². The number of benzene rings is 7. The van der Waals surface area contributed by atoms with Crippen molar-refractivity contribution < 1.29 is 0 Å². The summed E-state index contributed by atoms with van der Waals surface area (Å²) >= 11 is 1.84. The smallest absolute Gasteiger partial charge is 0.145 e. The molecule has 0 unspecified atom stereocenters. The van der Waals surface area contributed by atoms with Crippen LogP contribution < -0.4 is 0 Å². The van der Waals surface area contributed by atoms with Gasteiger partial charge in [0.2, 0.25) is 0 Å². The lowest BCUT2D eigenvalue weighted by Gasteiger charge is -2.40. The molecule has 7 aromatic carbocycles. The molecule has 0 fully saturated rings. The zero-order valence-electron chi connectivity index (χ0n) is 26.3. The standard InChI is InChI=1S/C45H27N3S/c46-28-29-22-24-30(25-23-29)35-26-32(48-41-20-10-9-19-40(41)47-44(48)31-12-2-1-3-13-31)27-39-43(35)49-42-21-11-8-18-38(42)45(39)36-16-6-4-14-33(36)34-15-5-7-17-37(34)45/h1-27H. The average Bonchev–Trinajstić information content (AvgIpc) is 3.70. The van der Waals surface area contributed by atoms with E-state index in [1.807, 2.05) is 30.0 Å². The van der Waals surface area contributed by atoms with E-state index in [1.54, 1.807) is 0 Å². The van der Waals surface area contributed by atoms with Gasteiger partial charge in [-0.25, -0.2) is 4.98 Å². The first-order chi connectivity index (χ1) is 24.3. The summed E-state index contributed by atoms with van der Waals surface area (Å²) in [6.45, 7) is 0. The van der Waals surface area contributed by atoms with Crippen LogP contribution in [-0.4, -0.2) is 9.55 Å². The maximum absolute atomic E-state index is 9.67. The minimum atomic E-state index is -0.537. The van der Waals surface area contributed by atoms with Crippen LogP contribution in [0.3, 0.4) is 0 Å². The first-order valence-corrected chi connectivity index (χ1v) is 17.3. The molecule has 228 valence electrons. The van der Waals surface area contributed by atoms with E-state index in [2.05, 4.69) is 156 Å². The highest BCUT2D eigenvalue weighted by Gasteiger charge is 2.50. The molecule has 4 heteroatoms. The van der Waals surface area contributed by atoms with Crippen molar-refractivity contribution in [1.29, 1.82) is 5.26 Å². The van der Waals surface area contributed by atoms with Gasteiger partial charge in [-0.3, -0.25) is 4.57 Å². The molecule has 1 aromatic heterocycles. The van der Waals surface area contributed by atoms with Crippen LogP contribution in [0.2, 0.25) is 0 Å².